The summed E-state index contributed by atoms with van der Waals surface area (Å²) in [5, 5.41) is 7.95. The molecule has 1 aliphatic rings. The molecule has 0 atom stereocenters. The lowest BCUT2D eigenvalue weighted by Gasteiger charge is -2.23. The topological polar surface area (TPSA) is 39.1 Å². The Kier molecular flexibility index (Phi) is 4.73. The van der Waals surface area contributed by atoms with Crippen molar-refractivity contribution in [1.82, 2.24) is 15.1 Å². The lowest BCUT2D eigenvalue weighted by atomic mass is 10.1. The van der Waals surface area contributed by atoms with Gasteiger partial charge in [-0.1, -0.05) is 0 Å². The van der Waals surface area contributed by atoms with Crippen molar-refractivity contribution in [1.29, 1.82) is 0 Å². The van der Waals surface area contributed by atoms with Crippen LogP contribution in [0.3, 0.4) is 0 Å². The van der Waals surface area contributed by atoms with Gasteiger partial charge in [-0.05, 0) is 38.8 Å². The maximum atomic E-state index is 14.0. The van der Waals surface area contributed by atoms with E-state index in [-0.39, 0.29) is 5.69 Å². The van der Waals surface area contributed by atoms with E-state index in [9.17, 15) is 8.78 Å². The highest BCUT2D eigenvalue weighted by Gasteiger charge is 2.18. The highest BCUT2D eigenvalue weighted by atomic mass is 19.1. The molecule has 3 rings (SSSR count). The molecule has 6 heteroatoms. The number of rotatable bonds is 4. The Bertz CT molecular complexity index is 693. The molecule has 1 N–H and O–H groups in total. The minimum atomic E-state index is -0.612. The molecule has 0 spiro atoms. The molecule has 23 heavy (non-hydrogen) atoms. The number of halogens is 2. The van der Waals surface area contributed by atoms with Crippen LogP contribution in [0.2, 0.25) is 0 Å². The summed E-state index contributed by atoms with van der Waals surface area (Å²) in [5.41, 5.74) is 3.04. The van der Waals surface area contributed by atoms with Gasteiger partial charge in [-0.2, -0.15) is 5.10 Å². The third-order valence-electron chi connectivity index (χ3n) is 4.37. The van der Waals surface area contributed by atoms with Crippen molar-refractivity contribution in [3.63, 3.8) is 0 Å². The van der Waals surface area contributed by atoms with Gasteiger partial charge in [-0.15, -0.1) is 0 Å². The fourth-order valence-corrected chi connectivity index (χ4v) is 2.97. The monoisotopic (exact) mass is 321 g/mol. The predicted octanol–water partition coefficient (Wildman–Crippen LogP) is 3.04. The number of hydrogen-bond acceptors (Lipinski definition) is 3. The second kappa shape index (κ2) is 6.76. The molecular formula is C17H21F2N3O. The molecule has 1 aromatic carbocycles. The molecule has 0 bridgehead atoms. The van der Waals surface area contributed by atoms with Crippen molar-refractivity contribution >= 4 is 0 Å². The summed E-state index contributed by atoms with van der Waals surface area (Å²) in [6, 6.07) is 3.98. The number of hydrogen-bond donors (Lipinski definition) is 1. The van der Waals surface area contributed by atoms with E-state index >= 15 is 0 Å². The van der Waals surface area contributed by atoms with Gasteiger partial charge in [-0.25, -0.2) is 13.5 Å². The largest absolute Gasteiger partial charge is 0.381 e. The van der Waals surface area contributed by atoms with Gasteiger partial charge in [0.15, 0.2) is 5.82 Å². The van der Waals surface area contributed by atoms with E-state index < -0.39 is 11.6 Å². The van der Waals surface area contributed by atoms with Gasteiger partial charge in [0.05, 0.1) is 5.69 Å². The first-order valence-corrected chi connectivity index (χ1v) is 7.88. The van der Waals surface area contributed by atoms with Crippen LogP contribution >= 0.6 is 0 Å². The van der Waals surface area contributed by atoms with Crippen molar-refractivity contribution in [2.45, 2.75) is 39.3 Å². The second-order valence-corrected chi connectivity index (χ2v) is 5.92. The number of nitrogens with one attached hydrogen (secondary N) is 1. The molecule has 0 radical (unpaired) electrons. The zero-order valence-electron chi connectivity index (χ0n) is 13.4. The third kappa shape index (κ3) is 3.43. The summed E-state index contributed by atoms with van der Waals surface area (Å²) < 4.78 is 34.0. The summed E-state index contributed by atoms with van der Waals surface area (Å²) in [5.74, 6) is -1.20. The first kappa shape index (κ1) is 16.1. The Morgan fingerprint density at radius 2 is 2.00 bits per heavy atom. The number of aryl methyl sites for hydroxylation is 1. The predicted molar refractivity (Wildman–Crippen MR) is 83.6 cm³/mol. The third-order valence-corrected chi connectivity index (χ3v) is 4.37. The average molecular weight is 321 g/mol. The van der Waals surface area contributed by atoms with Crippen LogP contribution in [-0.4, -0.2) is 29.0 Å². The van der Waals surface area contributed by atoms with E-state index in [1.165, 1.54) is 12.1 Å². The molecule has 1 saturated heterocycles. The molecule has 1 fully saturated rings. The Balaban J connectivity index is 1.81. The van der Waals surface area contributed by atoms with Crippen LogP contribution in [0.15, 0.2) is 18.2 Å². The molecule has 1 aromatic heterocycles. The van der Waals surface area contributed by atoms with Crippen LogP contribution in [0.4, 0.5) is 8.78 Å². The van der Waals surface area contributed by atoms with E-state index in [1.807, 2.05) is 13.8 Å². The fraction of sp³-hybridized carbons (Fsp3) is 0.471. The van der Waals surface area contributed by atoms with Crippen LogP contribution in [0.1, 0.15) is 29.8 Å². The van der Waals surface area contributed by atoms with Crippen LogP contribution in [0, 0.1) is 25.5 Å². The van der Waals surface area contributed by atoms with Gasteiger partial charge in [0.2, 0.25) is 0 Å². The molecule has 0 aliphatic carbocycles. The van der Waals surface area contributed by atoms with Crippen LogP contribution < -0.4 is 5.32 Å². The second-order valence-electron chi connectivity index (χ2n) is 5.92. The minimum absolute atomic E-state index is 0.268. The maximum Gasteiger partial charge on any atom is 0.151 e. The summed E-state index contributed by atoms with van der Waals surface area (Å²) in [6.07, 6.45) is 2.00. The van der Waals surface area contributed by atoms with Crippen molar-refractivity contribution in [3.8, 4) is 5.69 Å². The standard InChI is InChI=1S/C17H21F2N3O/c1-11-15(10-20-14-5-7-23-8-6-14)12(2)22(21-11)17-4-3-13(18)9-16(17)19/h3-4,9,14,20H,5-8,10H2,1-2H3. The van der Waals surface area contributed by atoms with E-state index in [1.54, 1.807) is 4.68 Å². The Morgan fingerprint density at radius 1 is 1.26 bits per heavy atom. The zero-order chi connectivity index (χ0) is 16.4. The molecule has 4 nitrogen and oxygen atoms in total. The maximum absolute atomic E-state index is 14.0. The Morgan fingerprint density at radius 3 is 2.70 bits per heavy atom. The van der Waals surface area contributed by atoms with Crippen LogP contribution in [-0.2, 0) is 11.3 Å². The first-order chi connectivity index (χ1) is 11.1. The van der Waals surface area contributed by atoms with Gasteiger partial charge in [0, 0.05) is 43.1 Å². The summed E-state index contributed by atoms with van der Waals surface area (Å²) in [4.78, 5) is 0. The van der Waals surface area contributed by atoms with Crippen molar-refractivity contribution in [2.24, 2.45) is 0 Å². The van der Waals surface area contributed by atoms with E-state index in [0.29, 0.717) is 12.6 Å². The summed E-state index contributed by atoms with van der Waals surface area (Å²) >= 11 is 0. The van der Waals surface area contributed by atoms with E-state index in [0.717, 1.165) is 49.1 Å². The van der Waals surface area contributed by atoms with Crippen molar-refractivity contribution in [2.75, 3.05) is 13.2 Å². The first-order valence-electron chi connectivity index (χ1n) is 7.88. The summed E-state index contributed by atoms with van der Waals surface area (Å²) in [7, 11) is 0. The molecular weight excluding hydrogens is 300 g/mol. The highest BCUT2D eigenvalue weighted by molar-refractivity contribution is 5.38. The Hall–Kier alpha value is -1.79. The SMILES string of the molecule is Cc1nn(-c2ccc(F)cc2F)c(C)c1CNC1CCOCC1. The molecule has 2 heterocycles. The molecule has 2 aromatic rings. The number of nitrogens with zero attached hydrogens (tertiary/aromatic N) is 2. The number of ether oxygens (including phenoxy) is 1. The van der Waals surface area contributed by atoms with Crippen LogP contribution in [0.5, 0.6) is 0 Å². The number of aromatic nitrogens is 2. The average Bonchev–Trinajstić information content (AvgIpc) is 2.81. The molecule has 124 valence electrons. The fourth-order valence-electron chi connectivity index (χ4n) is 2.97. The smallest absolute Gasteiger partial charge is 0.151 e. The molecule has 0 unspecified atom stereocenters. The van der Waals surface area contributed by atoms with Crippen molar-refractivity contribution in [3.05, 3.63) is 46.8 Å². The lowest BCUT2D eigenvalue weighted by Crippen LogP contribution is -2.34. The number of benzene rings is 1. The highest BCUT2D eigenvalue weighted by Crippen LogP contribution is 2.21. The van der Waals surface area contributed by atoms with Gasteiger partial charge in [-0.3, -0.25) is 0 Å². The quantitative estimate of drug-likeness (QED) is 0.941. The van der Waals surface area contributed by atoms with Crippen molar-refractivity contribution < 1.29 is 13.5 Å². The molecule has 1 aliphatic heterocycles. The normalized spacial score (nSPS) is 16.0. The van der Waals surface area contributed by atoms with E-state index in [2.05, 4.69) is 10.4 Å². The van der Waals surface area contributed by atoms with E-state index in [4.69, 9.17) is 4.74 Å². The minimum Gasteiger partial charge on any atom is -0.381 e. The van der Waals surface area contributed by atoms with Crippen LogP contribution in [0.25, 0.3) is 5.69 Å². The molecule has 0 saturated carbocycles. The van der Waals surface area contributed by atoms with Gasteiger partial charge < -0.3 is 10.1 Å². The van der Waals surface area contributed by atoms with Gasteiger partial charge in [0.1, 0.15) is 11.5 Å². The van der Waals surface area contributed by atoms with Gasteiger partial charge >= 0.3 is 0 Å². The molecule has 0 amide bonds. The van der Waals surface area contributed by atoms with Gasteiger partial charge in [0.25, 0.3) is 0 Å². The lowest BCUT2D eigenvalue weighted by molar-refractivity contribution is 0.0776. The summed E-state index contributed by atoms with van der Waals surface area (Å²) in [6.45, 7) is 6.08. The zero-order valence-corrected chi connectivity index (χ0v) is 13.4. The Labute approximate surface area is 134 Å².